The molecule has 0 spiro atoms. The van der Waals surface area contributed by atoms with Gasteiger partial charge in [-0.15, -0.1) is 0 Å². The molecule has 0 aliphatic heterocycles. The van der Waals surface area contributed by atoms with Crippen molar-refractivity contribution in [3.63, 3.8) is 0 Å². The molecule has 3 nitrogen and oxygen atoms in total. The van der Waals surface area contributed by atoms with E-state index in [9.17, 15) is 4.79 Å². The highest BCUT2D eigenvalue weighted by molar-refractivity contribution is 6.05. The Morgan fingerprint density at radius 1 is 1.19 bits per heavy atom. The van der Waals surface area contributed by atoms with Gasteiger partial charge in [0.1, 0.15) is 5.75 Å². The molecule has 0 heterocycles. The first-order valence-corrected chi connectivity index (χ1v) is 7.35. The molecule has 0 aliphatic rings. The van der Waals surface area contributed by atoms with Crippen LogP contribution in [-0.2, 0) is 0 Å². The molecule has 1 rings (SSSR count). The standard InChI is InChI=1S/C18H25NO2/c1-5-6-11-19-16(12-14(2)3)13-18(20)15-7-9-17(21-4)10-8-15/h7-10,12-13,19H,5-6,11H2,1-4H3/b16-13-. The van der Waals surface area contributed by atoms with Crippen LogP contribution >= 0.6 is 0 Å². The summed E-state index contributed by atoms with van der Waals surface area (Å²) in [7, 11) is 1.61. The van der Waals surface area contributed by atoms with Gasteiger partial charge in [0.15, 0.2) is 5.78 Å². The molecule has 0 amide bonds. The van der Waals surface area contributed by atoms with Gasteiger partial charge in [0.2, 0.25) is 0 Å². The summed E-state index contributed by atoms with van der Waals surface area (Å²) in [6.45, 7) is 7.07. The van der Waals surface area contributed by atoms with Gasteiger partial charge in [0, 0.05) is 23.9 Å². The highest BCUT2D eigenvalue weighted by Crippen LogP contribution is 2.13. The van der Waals surface area contributed by atoms with Crippen LogP contribution in [0.1, 0.15) is 44.0 Å². The van der Waals surface area contributed by atoms with Crippen LogP contribution in [-0.4, -0.2) is 19.4 Å². The number of carbonyl (C=O) groups is 1. The van der Waals surface area contributed by atoms with E-state index < -0.39 is 0 Å². The average Bonchev–Trinajstić information content (AvgIpc) is 2.46. The van der Waals surface area contributed by atoms with Gasteiger partial charge >= 0.3 is 0 Å². The third-order valence-corrected chi connectivity index (χ3v) is 2.96. The second-order valence-electron chi connectivity index (χ2n) is 5.19. The molecule has 1 aromatic rings. The van der Waals surface area contributed by atoms with Crippen molar-refractivity contribution in [3.8, 4) is 5.75 Å². The van der Waals surface area contributed by atoms with E-state index in [2.05, 4.69) is 12.2 Å². The Hall–Kier alpha value is -2.03. The van der Waals surface area contributed by atoms with E-state index in [1.807, 2.05) is 19.9 Å². The number of benzene rings is 1. The Labute approximate surface area is 127 Å². The molecule has 0 bridgehead atoms. The summed E-state index contributed by atoms with van der Waals surface area (Å²) in [5.74, 6) is 0.746. The van der Waals surface area contributed by atoms with E-state index in [0.717, 1.165) is 36.4 Å². The lowest BCUT2D eigenvalue weighted by molar-refractivity contribution is 0.104. The zero-order chi connectivity index (χ0) is 15.7. The largest absolute Gasteiger partial charge is 0.497 e. The number of ketones is 1. The van der Waals surface area contributed by atoms with Crippen LogP contribution in [0.2, 0.25) is 0 Å². The lowest BCUT2D eigenvalue weighted by Crippen LogP contribution is -2.15. The van der Waals surface area contributed by atoms with E-state index in [4.69, 9.17) is 4.74 Å². The van der Waals surface area contributed by atoms with Crippen LogP contribution in [0.15, 0.2) is 47.7 Å². The molecular weight excluding hydrogens is 262 g/mol. The van der Waals surface area contributed by atoms with Crippen LogP contribution in [0.5, 0.6) is 5.75 Å². The molecule has 0 unspecified atom stereocenters. The molecule has 114 valence electrons. The molecule has 21 heavy (non-hydrogen) atoms. The zero-order valence-electron chi connectivity index (χ0n) is 13.4. The third kappa shape index (κ3) is 6.30. The first-order chi connectivity index (χ1) is 10.1. The number of ether oxygens (including phenoxy) is 1. The number of nitrogens with one attached hydrogen (secondary N) is 1. The Kier molecular flexibility index (Phi) is 7.30. The maximum absolute atomic E-state index is 12.3. The molecule has 1 aromatic carbocycles. The fourth-order valence-corrected chi connectivity index (χ4v) is 1.84. The van der Waals surface area contributed by atoms with Crippen molar-refractivity contribution in [2.45, 2.75) is 33.6 Å². The summed E-state index contributed by atoms with van der Waals surface area (Å²) in [6.07, 6.45) is 5.87. The number of unbranched alkanes of at least 4 members (excludes halogenated alkanes) is 1. The summed E-state index contributed by atoms with van der Waals surface area (Å²) in [4.78, 5) is 12.3. The van der Waals surface area contributed by atoms with Gasteiger partial charge < -0.3 is 10.1 Å². The quantitative estimate of drug-likeness (QED) is 0.338. The lowest BCUT2D eigenvalue weighted by Gasteiger charge is -2.07. The molecule has 0 saturated heterocycles. The highest BCUT2D eigenvalue weighted by atomic mass is 16.5. The van der Waals surface area contributed by atoms with Crippen LogP contribution in [0.3, 0.4) is 0 Å². The minimum absolute atomic E-state index is 0.00542. The zero-order valence-corrected chi connectivity index (χ0v) is 13.4. The fourth-order valence-electron chi connectivity index (χ4n) is 1.84. The third-order valence-electron chi connectivity index (χ3n) is 2.96. The van der Waals surface area contributed by atoms with Gasteiger partial charge in [-0.1, -0.05) is 18.9 Å². The SMILES string of the molecule is CCCCN/C(C=C(C)C)=C\C(=O)c1ccc(OC)cc1. The summed E-state index contributed by atoms with van der Waals surface area (Å²) < 4.78 is 5.10. The molecule has 1 N–H and O–H groups in total. The van der Waals surface area contributed by atoms with Gasteiger partial charge in [-0.05, 0) is 50.6 Å². The van der Waals surface area contributed by atoms with Gasteiger partial charge in [-0.3, -0.25) is 4.79 Å². The Morgan fingerprint density at radius 2 is 1.86 bits per heavy atom. The van der Waals surface area contributed by atoms with Gasteiger partial charge in [0.05, 0.1) is 7.11 Å². The van der Waals surface area contributed by atoms with Gasteiger partial charge in [-0.2, -0.15) is 0 Å². The molecular formula is C18H25NO2. The van der Waals surface area contributed by atoms with Crippen LogP contribution in [0.4, 0.5) is 0 Å². The summed E-state index contributed by atoms with van der Waals surface area (Å²) >= 11 is 0. The van der Waals surface area contributed by atoms with E-state index >= 15 is 0 Å². The number of rotatable bonds is 8. The molecule has 0 fully saturated rings. The monoisotopic (exact) mass is 287 g/mol. The smallest absolute Gasteiger partial charge is 0.187 e. The molecule has 0 atom stereocenters. The van der Waals surface area contributed by atoms with E-state index in [1.165, 1.54) is 0 Å². The van der Waals surface area contributed by atoms with Crippen molar-refractivity contribution in [2.75, 3.05) is 13.7 Å². The van der Waals surface area contributed by atoms with Gasteiger partial charge in [0.25, 0.3) is 0 Å². The van der Waals surface area contributed by atoms with Crippen molar-refractivity contribution in [3.05, 3.63) is 53.3 Å². The van der Waals surface area contributed by atoms with Crippen LogP contribution in [0, 0.1) is 0 Å². The van der Waals surface area contributed by atoms with E-state index in [1.54, 1.807) is 37.5 Å². The minimum Gasteiger partial charge on any atom is -0.497 e. The highest BCUT2D eigenvalue weighted by Gasteiger charge is 2.04. The maximum Gasteiger partial charge on any atom is 0.187 e. The van der Waals surface area contributed by atoms with Crippen molar-refractivity contribution in [2.24, 2.45) is 0 Å². The van der Waals surface area contributed by atoms with Crippen molar-refractivity contribution in [1.82, 2.24) is 5.32 Å². The number of hydrogen-bond acceptors (Lipinski definition) is 3. The maximum atomic E-state index is 12.3. The number of methoxy groups -OCH3 is 1. The van der Waals surface area contributed by atoms with Crippen molar-refractivity contribution < 1.29 is 9.53 Å². The minimum atomic E-state index is -0.00542. The van der Waals surface area contributed by atoms with Crippen molar-refractivity contribution >= 4 is 5.78 Å². The Balaban J connectivity index is 2.85. The Morgan fingerprint density at radius 3 is 2.38 bits per heavy atom. The predicted molar refractivity (Wildman–Crippen MR) is 87.7 cm³/mol. The summed E-state index contributed by atoms with van der Waals surface area (Å²) in [6, 6.07) is 7.16. The second-order valence-corrected chi connectivity index (χ2v) is 5.19. The number of allylic oxidation sites excluding steroid dienone is 3. The molecule has 0 aromatic heterocycles. The molecule has 3 heteroatoms. The predicted octanol–water partition coefficient (Wildman–Crippen LogP) is 4.12. The first-order valence-electron chi connectivity index (χ1n) is 7.35. The van der Waals surface area contributed by atoms with Crippen LogP contribution in [0.25, 0.3) is 0 Å². The van der Waals surface area contributed by atoms with E-state index in [-0.39, 0.29) is 5.78 Å². The molecule has 0 radical (unpaired) electrons. The van der Waals surface area contributed by atoms with E-state index in [0.29, 0.717) is 5.56 Å². The average molecular weight is 287 g/mol. The lowest BCUT2D eigenvalue weighted by atomic mass is 10.1. The van der Waals surface area contributed by atoms with Crippen molar-refractivity contribution in [1.29, 1.82) is 0 Å². The normalized spacial score (nSPS) is 11.0. The van der Waals surface area contributed by atoms with Gasteiger partial charge in [-0.25, -0.2) is 0 Å². The number of hydrogen-bond donors (Lipinski definition) is 1. The first kappa shape index (κ1) is 17.0. The summed E-state index contributed by atoms with van der Waals surface area (Å²) in [5, 5.41) is 3.31. The fraction of sp³-hybridized carbons (Fsp3) is 0.389. The second kappa shape index (κ2) is 9.01. The summed E-state index contributed by atoms with van der Waals surface area (Å²) in [5.41, 5.74) is 2.68. The van der Waals surface area contributed by atoms with Crippen LogP contribution < -0.4 is 10.1 Å². The molecule has 0 aliphatic carbocycles. The number of carbonyl (C=O) groups excluding carboxylic acids is 1. The topological polar surface area (TPSA) is 38.3 Å². The molecule has 0 saturated carbocycles. The Bertz CT molecular complexity index is 509.